The third kappa shape index (κ3) is 7.91. The second-order valence-corrected chi connectivity index (χ2v) is 6.36. The molecule has 0 saturated heterocycles. The summed E-state index contributed by atoms with van der Waals surface area (Å²) in [4.78, 5) is 2.53. The second-order valence-electron chi connectivity index (χ2n) is 6.36. The van der Waals surface area contributed by atoms with Gasteiger partial charge in [0.1, 0.15) is 0 Å². The third-order valence-corrected chi connectivity index (χ3v) is 4.47. The van der Waals surface area contributed by atoms with Crippen LogP contribution in [-0.4, -0.2) is 11.4 Å². The molecular formula is C23H39N. The first-order chi connectivity index (χ1) is 11.6. The van der Waals surface area contributed by atoms with E-state index in [0.717, 1.165) is 25.8 Å². The van der Waals surface area contributed by atoms with E-state index < -0.39 is 0 Å². The molecule has 1 unspecified atom stereocenters. The molecule has 1 atom stereocenters. The Morgan fingerprint density at radius 3 is 2.33 bits per heavy atom. The molecule has 0 radical (unpaired) electrons. The van der Waals surface area contributed by atoms with Gasteiger partial charge in [-0.15, -0.1) is 12.5 Å². The molecule has 0 aliphatic rings. The largest absolute Gasteiger partial charge is 0.348 e. The highest BCUT2D eigenvalue weighted by Gasteiger charge is 2.15. The molecule has 1 nitrogen and oxygen atoms in total. The number of allylic oxidation sites excluding steroid dienone is 5. The second kappa shape index (κ2) is 14.0. The van der Waals surface area contributed by atoms with Crippen LogP contribution >= 0.6 is 0 Å². The Labute approximate surface area is 151 Å². The summed E-state index contributed by atoms with van der Waals surface area (Å²) in [6.45, 7) is 18.2. The summed E-state index contributed by atoms with van der Waals surface area (Å²) >= 11 is 0. The molecule has 0 spiro atoms. The SMILES string of the molecule is C=CC(C)CC/C(CCC)=C(\CC)N(CC)/C(=C\CC)CC#CC. The lowest BCUT2D eigenvalue weighted by atomic mass is 9.95. The van der Waals surface area contributed by atoms with Crippen LogP contribution in [0.3, 0.4) is 0 Å². The molecule has 0 heterocycles. The summed E-state index contributed by atoms with van der Waals surface area (Å²) in [5.41, 5.74) is 4.52. The van der Waals surface area contributed by atoms with Gasteiger partial charge in [-0.2, -0.15) is 0 Å². The maximum absolute atomic E-state index is 3.94. The van der Waals surface area contributed by atoms with E-state index in [2.05, 4.69) is 70.1 Å². The average Bonchev–Trinajstić information content (AvgIpc) is 2.60. The predicted octanol–water partition coefficient (Wildman–Crippen LogP) is 7.08. The summed E-state index contributed by atoms with van der Waals surface area (Å²) in [6.07, 6.45) is 12.2. The Balaban J connectivity index is 5.68. The monoisotopic (exact) mass is 329 g/mol. The van der Waals surface area contributed by atoms with Crippen LogP contribution in [-0.2, 0) is 0 Å². The van der Waals surface area contributed by atoms with E-state index in [4.69, 9.17) is 0 Å². The highest BCUT2D eigenvalue weighted by atomic mass is 15.1. The van der Waals surface area contributed by atoms with Gasteiger partial charge in [-0.1, -0.05) is 57.8 Å². The Kier molecular flexibility index (Phi) is 13.1. The lowest BCUT2D eigenvalue weighted by Gasteiger charge is -2.31. The van der Waals surface area contributed by atoms with Gasteiger partial charge >= 0.3 is 0 Å². The van der Waals surface area contributed by atoms with Gasteiger partial charge < -0.3 is 4.90 Å². The topological polar surface area (TPSA) is 3.24 Å². The minimum Gasteiger partial charge on any atom is -0.348 e. The maximum Gasteiger partial charge on any atom is 0.0490 e. The van der Waals surface area contributed by atoms with Crippen LogP contribution in [0.1, 0.15) is 86.5 Å². The Morgan fingerprint density at radius 2 is 1.88 bits per heavy atom. The molecule has 0 aromatic heterocycles. The van der Waals surface area contributed by atoms with Crippen molar-refractivity contribution in [2.24, 2.45) is 5.92 Å². The molecule has 0 aromatic carbocycles. The summed E-state index contributed by atoms with van der Waals surface area (Å²) in [5.74, 6) is 6.90. The molecular weight excluding hydrogens is 290 g/mol. The fraction of sp³-hybridized carbons (Fsp3) is 0.652. The van der Waals surface area contributed by atoms with Crippen molar-refractivity contribution in [3.63, 3.8) is 0 Å². The molecule has 0 amide bonds. The van der Waals surface area contributed by atoms with Gasteiger partial charge in [0.25, 0.3) is 0 Å². The van der Waals surface area contributed by atoms with Crippen molar-refractivity contribution in [3.8, 4) is 11.8 Å². The Morgan fingerprint density at radius 1 is 1.17 bits per heavy atom. The summed E-state index contributed by atoms with van der Waals surface area (Å²) < 4.78 is 0. The summed E-state index contributed by atoms with van der Waals surface area (Å²) in [5, 5.41) is 0. The molecule has 0 aromatic rings. The van der Waals surface area contributed by atoms with Crippen molar-refractivity contribution in [3.05, 3.63) is 35.7 Å². The van der Waals surface area contributed by atoms with E-state index in [-0.39, 0.29) is 0 Å². The van der Waals surface area contributed by atoms with E-state index >= 15 is 0 Å². The standard InChI is InChI=1S/C23H39N/c1-8-14-17-22(16-10-3)24(13-6)23(12-5)21(15-9-2)19-18-20(7)11-4/h11,16,20H,4,9-10,12-13,15,17-19H2,1-3,5-7H3/b22-16-,23-21+. The highest BCUT2D eigenvalue weighted by molar-refractivity contribution is 5.23. The first-order valence-corrected chi connectivity index (χ1v) is 9.78. The molecule has 0 fully saturated rings. The Bertz CT molecular complexity index is 470. The van der Waals surface area contributed by atoms with E-state index in [9.17, 15) is 0 Å². The zero-order valence-corrected chi connectivity index (χ0v) is 17.0. The van der Waals surface area contributed by atoms with Crippen molar-refractivity contribution in [2.45, 2.75) is 86.5 Å². The van der Waals surface area contributed by atoms with Gasteiger partial charge in [-0.05, 0) is 51.9 Å². The molecule has 0 rings (SSSR count). The van der Waals surface area contributed by atoms with Crippen LogP contribution in [0.4, 0.5) is 0 Å². The molecule has 24 heavy (non-hydrogen) atoms. The van der Waals surface area contributed by atoms with E-state index in [1.807, 2.05) is 6.92 Å². The van der Waals surface area contributed by atoms with Crippen LogP contribution < -0.4 is 0 Å². The third-order valence-electron chi connectivity index (χ3n) is 4.47. The summed E-state index contributed by atoms with van der Waals surface area (Å²) in [6, 6.07) is 0. The van der Waals surface area contributed by atoms with E-state index in [1.54, 1.807) is 5.57 Å². The highest BCUT2D eigenvalue weighted by Crippen LogP contribution is 2.28. The first kappa shape index (κ1) is 22.6. The van der Waals surface area contributed by atoms with Crippen LogP contribution in [0.15, 0.2) is 35.7 Å². The maximum atomic E-state index is 3.94. The quantitative estimate of drug-likeness (QED) is 0.273. The summed E-state index contributed by atoms with van der Waals surface area (Å²) in [7, 11) is 0. The Hall–Kier alpha value is -1.42. The van der Waals surface area contributed by atoms with E-state index in [1.165, 1.54) is 37.1 Å². The van der Waals surface area contributed by atoms with Crippen LogP contribution in [0.25, 0.3) is 0 Å². The van der Waals surface area contributed by atoms with Crippen molar-refractivity contribution < 1.29 is 0 Å². The first-order valence-electron chi connectivity index (χ1n) is 9.78. The van der Waals surface area contributed by atoms with Crippen molar-refractivity contribution in [2.75, 3.05) is 6.54 Å². The molecule has 0 aliphatic carbocycles. The zero-order chi connectivity index (χ0) is 18.4. The fourth-order valence-electron chi connectivity index (χ4n) is 3.13. The van der Waals surface area contributed by atoms with Crippen LogP contribution in [0, 0.1) is 17.8 Å². The predicted molar refractivity (Wildman–Crippen MR) is 110 cm³/mol. The lowest BCUT2D eigenvalue weighted by Crippen LogP contribution is -2.23. The smallest absolute Gasteiger partial charge is 0.0490 e. The van der Waals surface area contributed by atoms with E-state index in [0.29, 0.717) is 5.92 Å². The lowest BCUT2D eigenvalue weighted by molar-refractivity contribution is 0.415. The minimum absolute atomic E-state index is 0.585. The molecule has 0 aliphatic heterocycles. The van der Waals surface area contributed by atoms with Gasteiger partial charge in [0.2, 0.25) is 0 Å². The van der Waals surface area contributed by atoms with Gasteiger partial charge in [-0.3, -0.25) is 0 Å². The van der Waals surface area contributed by atoms with Gasteiger partial charge in [-0.25, -0.2) is 0 Å². The molecule has 136 valence electrons. The molecule has 0 saturated carbocycles. The minimum atomic E-state index is 0.585. The van der Waals surface area contributed by atoms with Crippen molar-refractivity contribution in [1.82, 2.24) is 4.90 Å². The van der Waals surface area contributed by atoms with Gasteiger partial charge in [0.05, 0.1) is 0 Å². The van der Waals surface area contributed by atoms with Gasteiger partial charge in [0.15, 0.2) is 0 Å². The number of hydrogen-bond donors (Lipinski definition) is 0. The number of hydrogen-bond acceptors (Lipinski definition) is 1. The number of rotatable bonds is 12. The van der Waals surface area contributed by atoms with Crippen molar-refractivity contribution in [1.29, 1.82) is 0 Å². The molecule has 0 bridgehead atoms. The van der Waals surface area contributed by atoms with Gasteiger partial charge in [0, 0.05) is 24.4 Å². The fourth-order valence-corrected chi connectivity index (χ4v) is 3.13. The normalized spacial score (nSPS) is 13.7. The molecule has 0 N–H and O–H groups in total. The van der Waals surface area contributed by atoms with Crippen LogP contribution in [0.2, 0.25) is 0 Å². The zero-order valence-electron chi connectivity index (χ0n) is 17.0. The average molecular weight is 330 g/mol. The number of nitrogens with zero attached hydrogens (tertiary/aromatic N) is 1. The van der Waals surface area contributed by atoms with Crippen LogP contribution in [0.5, 0.6) is 0 Å². The van der Waals surface area contributed by atoms with Crippen molar-refractivity contribution >= 4 is 0 Å². The molecule has 1 heteroatoms.